The number of ether oxygens (including phenoxy) is 1. The lowest BCUT2D eigenvalue weighted by atomic mass is 10.3. The standard InChI is InChI=1S/C13H13N3O4S/c1-15(7-10-4-6-21-9-10)12(17)8-20-11-3-2-5-14-13(11)16(18)19/h2-6,9H,7-8H2,1H3. The lowest BCUT2D eigenvalue weighted by Crippen LogP contribution is -2.30. The van der Waals surface area contributed by atoms with E-state index >= 15 is 0 Å². The first-order chi connectivity index (χ1) is 10.1. The van der Waals surface area contributed by atoms with Crippen LogP contribution in [0.15, 0.2) is 35.2 Å². The van der Waals surface area contributed by atoms with Crippen LogP contribution in [0.4, 0.5) is 5.82 Å². The van der Waals surface area contributed by atoms with Gasteiger partial charge in [0.2, 0.25) is 5.75 Å². The lowest BCUT2D eigenvalue weighted by Gasteiger charge is -2.16. The Balaban J connectivity index is 1.93. The predicted molar refractivity (Wildman–Crippen MR) is 77.2 cm³/mol. The molecule has 0 atom stereocenters. The molecule has 0 fully saturated rings. The van der Waals surface area contributed by atoms with Crippen LogP contribution < -0.4 is 4.74 Å². The largest absolute Gasteiger partial charge is 0.476 e. The number of nitro groups is 1. The highest BCUT2D eigenvalue weighted by Crippen LogP contribution is 2.22. The molecule has 0 aromatic carbocycles. The quantitative estimate of drug-likeness (QED) is 0.602. The number of thiophene rings is 1. The first kappa shape index (κ1) is 14.9. The smallest absolute Gasteiger partial charge is 0.406 e. The number of rotatable bonds is 6. The van der Waals surface area contributed by atoms with Gasteiger partial charge in [0.1, 0.15) is 6.20 Å². The van der Waals surface area contributed by atoms with Gasteiger partial charge in [-0.15, -0.1) is 0 Å². The van der Waals surface area contributed by atoms with Gasteiger partial charge >= 0.3 is 5.82 Å². The number of carbonyl (C=O) groups is 1. The molecule has 0 aliphatic carbocycles. The van der Waals surface area contributed by atoms with E-state index in [1.165, 1.54) is 23.2 Å². The molecular formula is C13H13N3O4S. The van der Waals surface area contributed by atoms with Crippen LogP contribution in [-0.2, 0) is 11.3 Å². The van der Waals surface area contributed by atoms with Crippen LogP contribution in [0.25, 0.3) is 0 Å². The highest BCUT2D eigenvalue weighted by Gasteiger charge is 2.18. The first-order valence-electron chi connectivity index (χ1n) is 6.05. The van der Waals surface area contributed by atoms with E-state index in [2.05, 4.69) is 4.98 Å². The normalized spacial score (nSPS) is 10.1. The molecule has 110 valence electrons. The summed E-state index contributed by atoms with van der Waals surface area (Å²) < 4.78 is 5.21. The fourth-order valence-corrected chi connectivity index (χ4v) is 2.29. The van der Waals surface area contributed by atoms with Crippen molar-refractivity contribution >= 4 is 23.1 Å². The summed E-state index contributed by atoms with van der Waals surface area (Å²) in [6.07, 6.45) is 1.30. The van der Waals surface area contributed by atoms with Crippen molar-refractivity contribution < 1.29 is 14.5 Å². The predicted octanol–water partition coefficient (Wildman–Crippen LogP) is 2.09. The van der Waals surface area contributed by atoms with Gasteiger partial charge in [-0.05, 0) is 44.4 Å². The fourth-order valence-electron chi connectivity index (χ4n) is 1.63. The van der Waals surface area contributed by atoms with E-state index in [-0.39, 0.29) is 18.3 Å². The topological polar surface area (TPSA) is 85.6 Å². The Morgan fingerprint density at radius 3 is 3.00 bits per heavy atom. The minimum absolute atomic E-state index is 0.0141. The molecule has 1 amide bonds. The average Bonchev–Trinajstić information content (AvgIpc) is 2.97. The zero-order valence-electron chi connectivity index (χ0n) is 11.3. The van der Waals surface area contributed by atoms with Crippen molar-refractivity contribution in [2.75, 3.05) is 13.7 Å². The first-order valence-corrected chi connectivity index (χ1v) is 6.99. The zero-order chi connectivity index (χ0) is 15.2. The van der Waals surface area contributed by atoms with Crippen molar-refractivity contribution in [2.24, 2.45) is 0 Å². The molecule has 8 heteroatoms. The molecule has 21 heavy (non-hydrogen) atoms. The average molecular weight is 307 g/mol. The summed E-state index contributed by atoms with van der Waals surface area (Å²) in [6.45, 7) is 0.202. The van der Waals surface area contributed by atoms with Crippen molar-refractivity contribution in [1.29, 1.82) is 0 Å². The Labute approximate surface area is 124 Å². The van der Waals surface area contributed by atoms with Gasteiger partial charge < -0.3 is 19.8 Å². The summed E-state index contributed by atoms with van der Waals surface area (Å²) in [7, 11) is 1.65. The number of pyridine rings is 1. The molecule has 2 aromatic rings. The molecule has 0 spiro atoms. The second kappa shape index (κ2) is 6.80. The third kappa shape index (κ3) is 3.99. The fraction of sp³-hybridized carbons (Fsp3) is 0.231. The van der Waals surface area contributed by atoms with E-state index in [9.17, 15) is 14.9 Å². The SMILES string of the molecule is CN(Cc1ccsc1)C(=O)COc1cccnc1[N+](=O)[O-]. The van der Waals surface area contributed by atoms with Gasteiger partial charge in [0.25, 0.3) is 5.91 Å². The highest BCUT2D eigenvalue weighted by molar-refractivity contribution is 7.07. The van der Waals surface area contributed by atoms with Crippen LogP contribution in [0.1, 0.15) is 5.56 Å². The van der Waals surface area contributed by atoms with Crippen LogP contribution in [0.5, 0.6) is 5.75 Å². The number of amides is 1. The number of aromatic nitrogens is 1. The Bertz CT molecular complexity index is 630. The third-order valence-corrected chi connectivity index (χ3v) is 3.43. The summed E-state index contributed by atoms with van der Waals surface area (Å²) in [5, 5.41) is 14.7. The maximum atomic E-state index is 11.9. The van der Waals surface area contributed by atoms with Crippen LogP contribution in [0, 0.1) is 10.1 Å². The minimum atomic E-state index is -0.644. The Kier molecular flexibility index (Phi) is 4.83. The van der Waals surface area contributed by atoms with Crippen molar-refractivity contribution in [2.45, 2.75) is 6.54 Å². The summed E-state index contributed by atoms with van der Waals surface area (Å²) in [5.41, 5.74) is 1.03. The zero-order valence-corrected chi connectivity index (χ0v) is 12.1. The Morgan fingerprint density at radius 2 is 2.33 bits per heavy atom. The molecule has 2 heterocycles. The second-order valence-corrected chi connectivity index (χ2v) is 5.03. The van der Waals surface area contributed by atoms with Crippen molar-refractivity contribution in [3.8, 4) is 5.75 Å². The number of hydrogen-bond acceptors (Lipinski definition) is 6. The molecule has 0 aliphatic heterocycles. The van der Waals surface area contributed by atoms with Crippen LogP contribution in [0.3, 0.4) is 0 Å². The van der Waals surface area contributed by atoms with E-state index in [1.807, 2.05) is 16.8 Å². The van der Waals surface area contributed by atoms with Gasteiger partial charge in [-0.2, -0.15) is 11.3 Å². The van der Waals surface area contributed by atoms with Gasteiger partial charge in [0, 0.05) is 13.6 Å². The molecular weight excluding hydrogens is 294 g/mol. The maximum Gasteiger partial charge on any atom is 0.406 e. The third-order valence-electron chi connectivity index (χ3n) is 2.70. The maximum absolute atomic E-state index is 11.9. The second-order valence-electron chi connectivity index (χ2n) is 4.25. The molecule has 2 rings (SSSR count). The number of likely N-dealkylation sites (N-methyl/N-ethyl adjacent to an activating group) is 1. The molecule has 0 saturated heterocycles. The van der Waals surface area contributed by atoms with Gasteiger partial charge in [-0.3, -0.25) is 4.79 Å². The van der Waals surface area contributed by atoms with E-state index in [0.29, 0.717) is 6.54 Å². The number of hydrogen-bond donors (Lipinski definition) is 0. The molecule has 7 nitrogen and oxygen atoms in total. The summed E-state index contributed by atoms with van der Waals surface area (Å²) in [6, 6.07) is 4.86. The van der Waals surface area contributed by atoms with Crippen LogP contribution in [0.2, 0.25) is 0 Å². The van der Waals surface area contributed by atoms with E-state index in [0.717, 1.165) is 5.56 Å². The molecule has 0 bridgehead atoms. The Hall–Kier alpha value is -2.48. The summed E-state index contributed by atoms with van der Waals surface area (Å²) in [5.74, 6) is -0.676. The van der Waals surface area contributed by atoms with Gasteiger partial charge in [-0.1, -0.05) is 0 Å². The molecule has 2 aromatic heterocycles. The molecule has 0 saturated carbocycles. The molecule has 0 radical (unpaired) electrons. The molecule has 0 unspecified atom stereocenters. The van der Waals surface area contributed by atoms with E-state index in [4.69, 9.17) is 4.74 Å². The van der Waals surface area contributed by atoms with E-state index < -0.39 is 10.7 Å². The monoisotopic (exact) mass is 307 g/mol. The van der Waals surface area contributed by atoms with Crippen LogP contribution in [-0.4, -0.2) is 34.4 Å². The van der Waals surface area contributed by atoms with Gasteiger partial charge in [-0.25, -0.2) is 0 Å². The lowest BCUT2D eigenvalue weighted by molar-refractivity contribution is -0.390. The summed E-state index contributed by atoms with van der Waals surface area (Å²) >= 11 is 1.56. The van der Waals surface area contributed by atoms with E-state index in [1.54, 1.807) is 18.4 Å². The highest BCUT2D eigenvalue weighted by atomic mass is 32.1. The van der Waals surface area contributed by atoms with Gasteiger partial charge in [0.05, 0.1) is 0 Å². The Morgan fingerprint density at radius 1 is 1.52 bits per heavy atom. The number of nitrogens with zero attached hydrogens (tertiary/aromatic N) is 3. The minimum Gasteiger partial charge on any atom is -0.476 e. The van der Waals surface area contributed by atoms with Crippen molar-refractivity contribution in [3.63, 3.8) is 0 Å². The van der Waals surface area contributed by atoms with Crippen molar-refractivity contribution in [3.05, 3.63) is 50.8 Å². The molecule has 0 aliphatic rings. The number of carbonyl (C=O) groups excluding carboxylic acids is 1. The van der Waals surface area contributed by atoms with Crippen molar-refractivity contribution in [1.82, 2.24) is 9.88 Å². The summed E-state index contributed by atoms with van der Waals surface area (Å²) in [4.78, 5) is 27.2. The van der Waals surface area contributed by atoms with Gasteiger partial charge in [0.15, 0.2) is 6.61 Å². The van der Waals surface area contributed by atoms with Crippen LogP contribution >= 0.6 is 11.3 Å². The molecule has 0 N–H and O–H groups in total.